The predicted molar refractivity (Wildman–Crippen MR) is 132 cm³/mol. The van der Waals surface area contributed by atoms with Gasteiger partial charge < -0.3 is 9.72 Å². The zero-order chi connectivity index (χ0) is 23.5. The van der Waals surface area contributed by atoms with Crippen molar-refractivity contribution < 1.29 is 4.74 Å². The number of tetrazole rings is 1. The quantitative estimate of drug-likeness (QED) is 0.509. The lowest BCUT2D eigenvalue weighted by atomic mass is 9.92. The molecule has 1 aromatic carbocycles. The molecule has 2 fully saturated rings. The number of H-pyrrole nitrogens is 1. The van der Waals surface area contributed by atoms with Crippen molar-refractivity contribution in [3.05, 3.63) is 46.0 Å². The van der Waals surface area contributed by atoms with Gasteiger partial charge in [0.15, 0.2) is 5.82 Å². The van der Waals surface area contributed by atoms with Crippen LogP contribution < -0.4 is 10.3 Å². The lowest BCUT2D eigenvalue weighted by Gasteiger charge is -2.39. The Balaban J connectivity index is 1.52. The van der Waals surface area contributed by atoms with Crippen LogP contribution in [0.25, 0.3) is 10.9 Å². The molecule has 0 saturated heterocycles. The Morgan fingerprint density at radius 1 is 1.12 bits per heavy atom. The number of pyridine rings is 1. The van der Waals surface area contributed by atoms with E-state index in [-0.39, 0.29) is 11.6 Å². The van der Waals surface area contributed by atoms with E-state index in [1.54, 1.807) is 7.11 Å². The normalized spacial score (nSPS) is 18.7. The van der Waals surface area contributed by atoms with Gasteiger partial charge in [-0.05, 0) is 66.8 Å². The highest BCUT2D eigenvalue weighted by Gasteiger charge is 2.33. The highest BCUT2D eigenvalue weighted by Crippen LogP contribution is 2.36. The number of nitrogens with zero attached hydrogens (tertiary/aromatic N) is 5. The van der Waals surface area contributed by atoms with Gasteiger partial charge in [-0.15, -0.1) is 5.10 Å². The third kappa shape index (κ3) is 4.60. The van der Waals surface area contributed by atoms with Crippen LogP contribution in [0, 0.1) is 0 Å². The fraction of sp³-hybridized carbons (Fsp3) is 0.615. The molecule has 2 aliphatic rings. The summed E-state index contributed by atoms with van der Waals surface area (Å²) in [5.74, 6) is 1.75. The maximum atomic E-state index is 13.1. The second kappa shape index (κ2) is 10.3. The van der Waals surface area contributed by atoms with Crippen LogP contribution in [-0.2, 0) is 6.54 Å². The predicted octanol–water partition coefficient (Wildman–Crippen LogP) is 4.92. The fourth-order valence-corrected chi connectivity index (χ4v) is 5.97. The standard InChI is InChI=1S/C26H36N6O2/c1-3-24(25-28-29-30-32(25)21-11-7-8-12-21)31(20-9-5-4-6-10-20)17-19-15-18-16-22(34-2)13-14-23(18)27-26(19)33/h13-16,20-21,24H,3-12,17H2,1-2H3,(H,27,33). The van der Waals surface area contributed by atoms with E-state index in [9.17, 15) is 4.79 Å². The summed E-state index contributed by atoms with van der Waals surface area (Å²) in [6.45, 7) is 2.80. The number of fused-ring (bicyclic) bond motifs is 1. The number of aromatic amines is 1. The SMILES string of the molecule is CCC(c1nnnn1C1CCCC1)N(Cc1cc2cc(OC)ccc2[nH]c1=O)C1CCCCC1. The number of nitrogens with one attached hydrogen (secondary N) is 1. The summed E-state index contributed by atoms with van der Waals surface area (Å²) in [5.41, 5.74) is 1.59. The highest BCUT2D eigenvalue weighted by molar-refractivity contribution is 5.80. The van der Waals surface area contributed by atoms with Gasteiger partial charge in [0, 0.05) is 29.1 Å². The summed E-state index contributed by atoms with van der Waals surface area (Å²) in [6, 6.07) is 8.69. The molecule has 0 radical (unpaired) electrons. The molecule has 2 aliphatic carbocycles. The molecule has 0 spiro atoms. The Hall–Kier alpha value is -2.74. The molecule has 0 aliphatic heterocycles. The van der Waals surface area contributed by atoms with Crippen molar-refractivity contribution in [3.8, 4) is 5.75 Å². The lowest BCUT2D eigenvalue weighted by Crippen LogP contribution is -2.41. The molecule has 0 amide bonds. The van der Waals surface area contributed by atoms with Crippen LogP contribution in [0.2, 0.25) is 0 Å². The van der Waals surface area contributed by atoms with E-state index in [1.165, 1.54) is 32.1 Å². The zero-order valence-corrected chi connectivity index (χ0v) is 20.4. The molecule has 3 aromatic rings. The molecule has 2 aromatic heterocycles. The van der Waals surface area contributed by atoms with Gasteiger partial charge >= 0.3 is 0 Å². The van der Waals surface area contributed by atoms with E-state index in [1.807, 2.05) is 24.3 Å². The summed E-state index contributed by atoms with van der Waals surface area (Å²) in [6.07, 6.45) is 11.7. The van der Waals surface area contributed by atoms with Gasteiger partial charge in [-0.3, -0.25) is 9.69 Å². The Bertz CT molecular complexity index is 1160. The summed E-state index contributed by atoms with van der Waals surface area (Å²) in [4.78, 5) is 18.7. The second-order valence-electron chi connectivity index (χ2n) is 9.89. The van der Waals surface area contributed by atoms with Crippen LogP contribution in [0.15, 0.2) is 29.1 Å². The summed E-state index contributed by atoms with van der Waals surface area (Å²) in [7, 11) is 1.67. The van der Waals surface area contributed by atoms with E-state index in [0.29, 0.717) is 18.6 Å². The van der Waals surface area contributed by atoms with Crippen molar-refractivity contribution in [2.45, 2.75) is 95.8 Å². The molecular formula is C26H36N6O2. The third-order valence-corrected chi connectivity index (χ3v) is 7.80. The van der Waals surface area contributed by atoms with Crippen LogP contribution in [0.1, 0.15) is 94.6 Å². The van der Waals surface area contributed by atoms with Gasteiger partial charge in [0.1, 0.15) is 5.75 Å². The number of benzene rings is 1. The highest BCUT2D eigenvalue weighted by atomic mass is 16.5. The minimum absolute atomic E-state index is 0.0243. The van der Waals surface area contributed by atoms with Crippen LogP contribution in [-0.4, -0.2) is 43.2 Å². The van der Waals surface area contributed by atoms with Gasteiger partial charge in [0.25, 0.3) is 5.56 Å². The average Bonchev–Trinajstić information content (AvgIpc) is 3.57. The molecule has 34 heavy (non-hydrogen) atoms. The molecule has 5 rings (SSSR count). The monoisotopic (exact) mass is 464 g/mol. The Labute approximate surface area is 200 Å². The largest absolute Gasteiger partial charge is 0.497 e. The number of aromatic nitrogens is 5. The third-order valence-electron chi connectivity index (χ3n) is 7.80. The van der Waals surface area contributed by atoms with Crippen molar-refractivity contribution >= 4 is 10.9 Å². The molecule has 0 bridgehead atoms. The molecule has 2 saturated carbocycles. The number of ether oxygens (including phenoxy) is 1. The molecule has 1 atom stereocenters. The van der Waals surface area contributed by atoms with E-state index >= 15 is 0 Å². The van der Waals surface area contributed by atoms with Crippen LogP contribution in [0.5, 0.6) is 5.75 Å². The first-order valence-corrected chi connectivity index (χ1v) is 12.9. The average molecular weight is 465 g/mol. The van der Waals surface area contributed by atoms with Crippen molar-refractivity contribution in [1.29, 1.82) is 0 Å². The van der Waals surface area contributed by atoms with Crippen molar-refractivity contribution in [1.82, 2.24) is 30.1 Å². The Morgan fingerprint density at radius 2 is 1.88 bits per heavy atom. The second-order valence-corrected chi connectivity index (χ2v) is 9.89. The van der Waals surface area contributed by atoms with Gasteiger partial charge in [-0.25, -0.2) is 4.68 Å². The molecule has 8 nitrogen and oxygen atoms in total. The van der Waals surface area contributed by atoms with E-state index in [4.69, 9.17) is 4.74 Å². The lowest BCUT2D eigenvalue weighted by molar-refractivity contribution is 0.0830. The summed E-state index contributed by atoms with van der Waals surface area (Å²) in [5, 5.41) is 14.1. The van der Waals surface area contributed by atoms with Crippen LogP contribution >= 0.6 is 0 Å². The van der Waals surface area contributed by atoms with Gasteiger partial charge in [-0.1, -0.05) is 39.0 Å². The van der Waals surface area contributed by atoms with Crippen molar-refractivity contribution in [2.24, 2.45) is 0 Å². The first-order chi connectivity index (χ1) is 16.7. The van der Waals surface area contributed by atoms with E-state index in [0.717, 1.165) is 60.1 Å². The molecule has 8 heteroatoms. The molecule has 1 unspecified atom stereocenters. The molecule has 182 valence electrons. The zero-order valence-electron chi connectivity index (χ0n) is 20.4. The minimum Gasteiger partial charge on any atom is -0.497 e. The maximum Gasteiger partial charge on any atom is 0.252 e. The number of methoxy groups -OCH3 is 1. The fourth-order valence-electron chi connectivity index (χ4n) is 5.97. The van der Waals surface area contributed by atoms with E-state index in [2.05, 4.69) is 37.0 Å². The van der Waals surface area contributed by atoms with Crippen molar-refractivity contribution in [3.63, 3.8) is 0 Å². The maximum absolute atomic E-state index is 13.1. The van der Waals surface area contributed by atoms with E-state index < -0.39 is 0 Å². The van der Waals surface area contributed by atoms with Gasteiger partial charge in [0.05, 0.1) is 19.2 Å². The molecule has 1 N–H and O–H groups in total. The first-order valence-electron chi connectivity index (χ1n) is 12.9. The molecular weight excluding hydrogens is 428 g/mol. The van der Waals surface area contributed by atoms with Crippen LogP contribution in [0.4, 0.5) is 0 Å². The minimum atomic E-state index is -0.0243. The van der Waals surface area contributed by atoms with Crippen molar-refractivity contribution in [2.75, 3.05) is 7.11 Å². The summed E-state index contributed by atoms with van der Waals surface area (Å²) < 4.78 is 7.50. The number of hydrogen-bond acceptors (Lipinski definition) is 6. The van der Waals surface area contributed by atoms with Crippen LogP contribution in [0.3, 0.4) is 0 Å². The Kier molecular flexibility index (Phi) is 6.94. The topological polar surface area (TPSA) is 88.9 Å². The van der Waals surface area contributed by atoms with Gasteiger partial charge in [-0.2, -0.15) is 0 Å². The smallest absolute Gasteiger partial charge is 0.252 e. The first kappa shape index (κ1) is 23.0. The number of rotatable bonds is 8. The molecule has 2 heterocycles. The number of hydrogen-bond donors (Lipinski definition) is 1. The van der Waals surface area contributed by atoms with Gasteiger partial charge in [0.2, 0.25) is 0 Å². The Morgan fingerprint density at radius 3 is 2.62 bits per heavy atom. The summed E-state index contributed by atoms with van der Waals surface area (Å²) >= 11 is 0.